The summed E-state index contributed by atoms with van der Waals surface area (Å²) in [5.74, 6) is 1.02. The molecular formula is C32H34N8O2. The van der Waals surface area contributed by atoms with E-state index in [0.29, 0.717) is 38.1 Å². The Balaban J connectivity index is 1.09. The van der Waals surface area contributed by atoms with Crippen LogP contribution in [0.2, 0.25) is 0 Å². The number of hydrogen-bond donors (Lipinski definition) is 4. The number of hydrazone groups is 2. The van der Waals surface area contributed by atoms with Crippen molar-refractivity contribution in [2.75, 3.05) is 52.6 Å². The van der Waals surface area contributed by atoms with Gasteiger partial charge in [-0.1, -0.05) is 48.5 Å². The van der Waals surface area contributed by atoms with Gasteiger partial charge in [0.1, 0.15) is 0 Å². The average molecular weight is 563 g/mol. The molecule has 6 N–H and O–H groups in total. The van der Waals surface area contributed by atoms with E-state index in [4.69, 9.17) is 20.9 Å². The van der Waals surface area contributed by atoms with Crippen molar-refractivity contribution in [1.29, 1.82) is 0 Å². The molecule has 0 radical (unpaired) electrons. The van der Waals surface area contributed by atoms with E-state index in [1.54, 1.807) is 0 Å². The van der Waals surface area contributed by atoms with Gasteiger partial charge in [-0.25, -0.2) is 0 Å². The molecule has 5 aromatic rings. The number of aromatic amines is 2. The number of fused-ring (bicyclic) bond motifs is 2. The number of ether oxygens (including phenoxy) is 2. The van der Waals surface area contributed by atoms with E-state index in [0.717, 1.165) is 81.6 Å². The van der Waals surface area contributed by atoms with Crippen LogP contribution in [0, 0.1) is 0 Å². The van der Waals surface area contributed by atoms with Crippen LogP contribution in [-0.4, -0.2) is 84.3 Å². The Morgan fingerprint density at radius 1 is 0.571 bits per heavy atom. The van der Waals surface area contributed by atoms with Gasteiger partial charge in [0.15, 0.2) is 11.7 Å². The monoisotopic (exact) mass is 562 g/mol. The first-order valence-corrected chi connectivity index (χ1v) is 14.3. The molecule has 2 aromatic heterocycles. The van der Waals surface area contributed by atoms with E-state index < -0.39 is 0 Å². The lowest BCUT2D eigenvalue weighted by atomic mass is 10.1. The second kappa shape index (κ2) is 11.2. The lowest BCUT2D eigenvalue weighted by Gasteiger charge is -2.24. The number of H-pyrrole nitrogens is 2. The Kier molecular flexibility index (Phi) is 6.98. The lowest BCUT2D eigenvalue weighted by molar-refractivity contribution is 0.0392. The molecular weight excluding hydrogens is 528 g/mol. The van der Waals surface area contributed by atoms with Crippen molar-refractivity contribution in [1.82, 2.24) is 20.0 Å². The average Bonchev–Trinajstić information content (AvgIpc) is 3.66. The summed E-state index contributed by atoms with van der Waals surface area (Å²) in [4.78, 5) is 7.10. The number of nitrogens with one attached hydrogen (secondary N) is 2. The fraction of sp³-hybridized carbons (Fsp3) is 0.250. The molecule has 214 valence electrons. The summed E-state index contributed by atoms with van der Waals surface area (Å²) in [6, 6.07) is 25.2. The van der Waals surface area contributed by atoms with Crippen LogP contribution in [0.15, 0.2) is 83.0 Å². The molecule has 2 aliphatic rings. The third-order valence-corrected chi connectivity index (χ3v) is 7.82. The van der Waals surface area contributed by atoms with Gasteiger partial charge in [0.25, 0.3) is 0 Å². The maximum Gasteiger partial charge on any atom is 0.150 e. The van der Waals surface area contributed by atoms with Crippen LogP contribution in [0.4, 0.5) is 0 Å². The first-order chi connectivity index (χ1) is 20.6. The van der Waals surface area contributed by atoms with Crippen molar-refractivity contribution >= 4 is 33.5 Å². The zero-order valence-electron chi connectivity index (χ0n) is 23.3. The van der Waals surface area contributed by atoms with Crippen molar-refractivity contribution in [3.05, 3.63) is 83.9 Å². The maximum atomic E-state index is 6.33. The summed E-state index contributed by atoms with van der Waals surface area (Å²) in [5.41, 5.74) is 20.8. The van der Waals surface area contributed by atoms with Crippen molar-refractivity contribution in [3.8, 4) is 22.5 Å². The third-order valence-electron chi connectivity index (χ3n) is 7.82. The molecule has 10 heteroatoms. The number of benzene rings is 3. The normalized spacial score (nSPS) is 17.0. The van der Waals surface area contributed by atoms with Crippen molar-refractivity contribution in [2.24, 2.45) is 21.7 Å². The summed E-state index contributed by atoms with van der Waals surface area (Å²) in [7, 11) is 0. The van der Waals surface area contributed by atoms with Gasteiger partial charge in [0, 0.05) is 44.3 Å². The van der Waals surface area contributed by atoms with Gasteiger partial charge >= 0.3 is 0 Å². The molecule has 0 aliphatic carbocycles. The van der Waals surface area contributed by atoms with Crippen LogP contribution < -0.4 is 11.5 Å². The lowest BCUT2D eigenvalue weighted by Crippen LogP contribution is -2.34. The van der Waals surface area contributed by atoms with Crippen molar-refractivity contribution in [3.63, 3.8) is 0 Å². The minimum atomic E-state index is 0.511. The molecule has 2 saturated heterocycles. The minimum Gasteiger partial charge on any atom is -0.382 e. The number of amidine groups is 2. The van der Waals surface area contributed by atoms with Gasteiger partial charge in [-0.2, -0.15) is 10.2 Å². The van der Waals surface area contributed by atoms with Gasteiger partial charge in [0.05, 0.1) is 52.6 Å². The zero-order chi connectivity index (χ0) is 28.5. The molecule has 42 heavy (non-hydrogen) atoms. The Hall–Kier alpha value is -4.80. The fourth-order valence-electron chi connectivity index (χ4n) is 5.44. The van der Waals surface area contributed by atoms with E-state index in [9.17, 15) is 0 Å². The highest BCUT2D eigenvalue weighted by atomic mass is 16.5. The highest BCUT2D eigenvalue weighted by molar-refractivity contribution is 6.02. The number of nitrogens with two attached hydrogens (primary N) is 2. The molecule has 0 bridgehead atoms. The maximum absolute atomic E-state index is 6.33. The smallest absolute Gasteiger partial charge is 0.150 e. The van der Waals surface area contributed by atoms with E-state index in [1.807, 2.05) is 22.2 Å². The third kappa shape index (κ3) is 5.41. The predicted octanol–water partition coefficient (Wildman–Crippen LogP) is 3.89. The van der Waals surface area contributed by atoms with E-state index >= 15 is 0 Å². The van der Waals surface area contributed by atoms with Gasteiger partial charge < -0.3 is 30.9 Å². The van der Waals surface area contributed by atoms with Crippen LogP contribution in [0.3, 0.4) is 0 Å². The zero-order valence-corrected chi connectivity index (χ0v) is 23.3. The number of rotatable bonds is 6. The van der Waals surface area contributed by atoms with E-state index in [2.05, 4.69) is 80.8 Å². The van der Waals surface area contributed by atoms with Crippen LogP contribution in [-0.2, 0) is 9.47 Å². The second-order valence-corrected chi connectivity index (χ2v) is 10.6. The summed E-state index contributed by atoms with van der Waals surface area (Å²) in [6.07, 6.45) is 0. The Morgan fingerprint density at radius 2 is 0.976 bits per heavy atom. The van der Waals surface area contributed by atoms with E-state index in [-0.39, 0.29) is 0 Å². The van der Waals surface area contributed by atoms with Crippen LogP contribution in [0.5, 0.6) is 0 Å². The van der Waals surface area contributed by atoms with E-state index in [1.165, 1.54) is 0 Å². The molecule has 3 aromatic carbocycles. The predicted molar refractivity (Wildman–Crippen MR) is 167 cm³/mol. The summed E-state index contributed by atoms with van der Waals surface area (Å²) in [6.45, 7) is 5.72. The highest BCUT2D eigenvalue weighted by Crippen LogP contribution is 2.29. The van der Waals surface area contributed by atoms with Crippen LogP contribution in [0.1, 0.15) is 11.1 Å². The number of hydrogen-bond acceptors (Lipinski definition) is 6. The first-order valence-electron chi connectivity index (χ1n) is 14.3. The molecule has 0 spiro atoms. The van der Waals surface area contributed by atoms with Gasteiger partial charge in [-0.3, -0.25) is 10.0 Å². The molecule has 0 atom stereocenters. The van der Waals surface area contributed by atoms with Gasteiger partial charge in [-0.15, -0.1) is 0 Å². The molecule has 7 rings (SSSR count). The molecule has 0 saturated carbocycles. The first kappa shape index (κ1) is 26.1. The molecule has 4 heterocycles. The van der Waals surface area contributed by atoms with Crippen molar-refractivity contribution < 1.29 is 9.47 Å². The summed E-state index contributed by atoms with van der Waals surface area (Å²) >= 11 is 0. The van der Waals surface area contributed by atoms with Gasteiger partial charge in [0.2, 0.25) is 0 Å². The van der Waals surface area contributed by atoms with Crippen LogP contribution >= 0.6 is 0 Å². The molecule has 10 nitrogen and oxygen atoms in total. The Labute approximate surface area is 243 Å². The fourth-order valence-corrected chi connectivity index (χ4v) is 5.44. The number of morpholine rings is 2. The molecule has 0 unspecified atom stereocenters. The summed E-state index contributed by atoms with van der Waals surface area (Å²) < 4.78 is 10.8. The van der Waals surface area contributed by atoms with Crippen LogP contribution in [0.25, 0.3) is 44.3 Å². The Bertz CT molecular complexity index is 1640. The van der Waals surface area contributed by atoms with Gasteiger partial charge in [-0.05, 0) is 35.4 Å². The topological polar surface area (TPSA) is 133 Å². The number of nitrogens with zero attached hydrogens (tertiary/aromatic N) is 4. The standard InChI is InChI=1S/C32H34N8O2/c33-31(37-39-9-13-41-14-10-39)25-7-5-23-17-27(35-29(23)19-25)21-1-2-22(4-3-21)28-18-24-6-8-26(20-30(24)36-28)32(34)38-40-11-15-42-16-12-40/h1-8,17-20,35-36H,9-16H2,(H2,33,37)(H2,34,38). The molecule has 2 aliphatic heterocycles. The molecule has 0 amide bonds. The summed E-state index contributed by atoms with van der Waals surface area (Å²) in [5, 5.41) is 15.3. The molecule has 2 fully saturated rings. The largest absolute Gasteiger partial charge is 0.382 e. The van der Waals surface area contributed by atoms with Crippen molar-refractivity contribution in [2.45, 2.75) is 0 Å². The SMILES string of the molecule is NC(=NN1CCOCC1)c1ccc2cc(-c3ccc(-c4cc5ccc(C(N)=NN6CCOCC6)cc5[nH]4)cc3)[nH]c2c1. The number of aromatic nitrogens is 2. The quantitative estimate of drug-likeness (QED) is 0.183. The minimum absolute atomic E-state index is 0.511. The Morgan fingerprint density at radius 3 is 1.38 bits per heavy atom. The highest BCUT2D eigenvalue weighted by Gasteiger charge is 2.13. The second-order valence-electron chi connectivity index (χ2n) is 10.6.